The number of amides is 2. The van der Waals surface area contributed by atoms with E-state index < -0.39 is 5.91 Å². The smallest absolute Gasteiger partial charge is 0.262 e. The molecule has 0 heterocycles. The number of nitrogens with two attached hydrogens (primary N) is 1. The normalized spacial score (nSPS) is 9.96. The number of benzene rings is 2. The van der Waals surface area contributed by atoms with Crippen LogP contribution in [-0.4, -0.2) is 25.0 Å². The number of carbonyl (C=O) groups is 2. The van der Waals surface area contributed by atoms with Crippen molar-refractivity contribution in [1.82, 2.24) is 0 Å². The number of anilines is 1. The first-order valence-corrected chi connectivity index (χ1v) is 7.04. The average molecular weight is 314 g/mol. The molecule has 120 valence electrons. The summed E-state index contributed by atoms with van der Waals surface area (Å²) in [5, 5.41) is 2.70. The molecule has 2 rings (SSSR count). The summed E-state index contributed by atoms with van der Waals surface area (Å²) in [6.07, 6.45) is 0. The minimum Gasteiger partial charge on any atom is -0.484 e. The van der Waals surface area contributed by atoms with Gasteiger partial charge >= 0.3 is 0 Å². The number of hydrogen-bond acceptors (Lipinski definition) is 4. The van der Waals surface area contributed by atoms with Gasteiger partial charge in [-0.25, -0.2) is 0 Å². The molecule has 0 saturated carbocycles. The topological polar surface area (TPSA) is 90.7 Å². The highest BCUT2D eigenvalue weighted by atomic mass is 16.5. The predicted molar refractivity (Wildman–Crippen MR) is 86.4 cm³/mol. The minimum absolute atomic E-state index is 0.1000. The van der Waals surface area contributed by atoms with Crippen molar-refractivity contribution < 1.29 is 19.1 Å². The first-order chi connectivity index (χ1) is 11.0. The number of rotatable bonds is 7. The van der Waals surface area contributed by atoms with Gasteiger partial charge in [-0.05, 0) is 30.7 Å². The zero-order chi connectivity index (χ0) is 16.7. The third-order valence-corrected chi connectivity index (χ3v) is 2.95. The van der Waals surface area contributed by atoms with Crippen molar-refractivity contribution in [2.45, 2.75) is 6.92 Å². The number of primary amides is 1. The summed E-state index contributed by atoms with van der Waals surface area (Å²) >= 11 is 0. The van der Waals surface area contributed by atoms with Crippen molar-refractivity contribution >= 4 is 17.5 Å². The lowest BCUT2D eigenvalue weighted by Crippen LogP contribution is -2.21. The molecule has 0 spiro atoms. The van der Waals surface area contributed by atoms with Crippen LogP contribution in [-0.2, 0) is 9.59 Å². The lowest BCUT2D eigenvalue weighted by atomic mass is 10.2. The van der Waals surface area contributed by atoms with Gasteiger partial charge in [0.25, 0.3) is 11.8 Å². The molecule has 0 radical (unpaired) electrons. The molecule has 0 aliphatic rings. The van der Waals surface area contributed by atoms with Crippen LogP contribution in [0.5, 0.6) is 11.5 Å². The number of nitrogens with one attached hydrogen (secondary N) is 1. The van der Waals surface area contributed by atoms with Crippen molar-refractivity contribution in [2.24, 2.45) is 5.73 Å². The highest BCUT2D eigenvalue weighted by Crippen LogP contribution is 2.18. The molecule has 2 amide bonds. The fourth-order valence-corrected chi connectivity index (χ4v) is 1.88. The molecule has 3 N–H and O–H groups in total. The lowest BCUT2D eigenvalue weighted by Gasteiger charge is -2.10. The molecule has 2 aromatic carbocycles. The molecule has 0 unspecified atom stereocenters. The van der Waals surface area contributed by atoms with E-state index in [0.717, 1.165) is 5.56 Å². The number of para-hydroxylation sites is 1. The van der Waals surface area contributed by atoms with E-state index in [1.54, 1.807) is 30.3 Å². The van der Waals surface area contributed by atoms with Crippen molar-refractivity contribution in [2.75, 3.05) is 18.5 Å². The largest absolute Gasteiger partial charge is 0.484 e. The Balaban J connectivity index is 1.89. The summed E-state index contributed by atoms with van der Waals surface area (Å²) < 4.78 is 10.7. The molecule has 6 nitrogen and oxygen atoms in total. The molecule has 2 aromatic rings. The summed E-state index contributed by atoms with van der Waals surface area (Å²) in [7, 11) is 0. The second-order valence-corrected chi connectivity index (χ2v) is 4.89. The zero-order valence-electron chi connectivity index (χ0n) is 12.7. The zero-order valence-corrected chi connectivity index (χ0v) is 12.7. The van der Waals surface area contributed by atoms with E-state index in [1.807, 2.05) is 25.1 Å². The van der Waals surface area contributed by atoms with Gasteiger partial charge in [0.1, 0.15) is 11.5 Å². The summed E-state index contributed by atoms with van der Waals surface area (Å²) in [6.45, 7) is 1.60. The number of aryl methyl sites for hydroxylation is 1. The third-order valence-electron chi connectivity index (χ3n) is 2.95. The minimum atomic E-state index is -0.564. The highest BCUT2D eigenvalue weighted by molar-refractivity contribution is 5.92. The number of ether oxygens (including phenoxy) is 2. The maximum Gasteiger partial charge on any atom is 0.262 e. The Kier molecular flexibility index (Phi) is 5.57. The maximum absolute atomic E-state index is 11.9. The van der Waals surface area contributed by atoms with E-state index in [0.29, 0.717) is 17.2 Å². The summed E-state index contributed by atoms with van der Waals surface area (Å²) in [6, 6.07) is 14.2. The Labute approximate surface area is 134 Å². The van der Waals surface area contributed by atoms with Crippen LogP contribution < -0.4 is 20.5 Å². The van der Waals surface area contributed by atoms with Gasteiger partial charge in [-0.15, -0.1) is 0 Å². The maximum atomic E-state index is 11.9. The molecule has 0 aliphatic carbocycles. The Morgan fingerprint density at radius 1 is 1.04 bits per heavy atom. The standard InChI is InChI=1S/C17H18N2O4/c1-12-5-2-3-8-15(12)23-11-17(21)19-13-6-4-7-14(9-13)22-10-16(18)20/h2-9H,10-11H2,1H3,(H2,18,20)(H,19,21). The van der Waals surface area contributed by atoms with Gasteiger partial charge in [0.2, 0.25) is 0 Å². The van der Waals surface area contributed by atoms with Gasteiger partial charge in [-0.2, -0.15) is 0 Å². The number of hydrogen-bond donors (Lipinski definition) is 2. The van der Waals surface area contributed by atoms with Crippen LogP contribution in [0.1, 0.15) is 5.56 Å². The summed E-state index contributed by atoms with van der Waals surface area (Å²) in [4.78, 5) is 22.6. The number of carbonyl (C=O) groups excluding carboxylic acids is 2. The first-order valence-electron chi connectivity index (χ1n) is 7.04. The van der Waals surface area contributed by atoms with Crippen molar-refractivity contribution in [3.8, 4) is 11.5 Å². The molecule has 0 bridgehead atoms. The molecule has 0 saturated heterocycles. The molecule has 0 atom stereocenters. The highest BCUT2D eigenvalue weighted by Gasteiger charge is 2.06. The van der Waals surface area contributed by atoms with Crippen LogP contribution >= 0.6 is 0 Å². The Hall–Kier alpha value is -3.02. The van der Waals surface area contributed by atoms with E-state index >= 15 is 0 Å². The molecule has 23 heavy (non-hydrogen) atoms. The van der Waals surface area contributed by atoms with Gasteiger partial charge in [0.15, 0.2) is 13.2 Å². The Morgan fingerprint density at radius 3 is 2.57 bits per heavy atom. The van der Waals surface area contributed by atoms with Gasteiger partial charge in [0.05, 0.1) is 0 Å². The van der Waals surface area contributed by atoms with Crippen LogP contribution in [0.4, 0.5) is 5.69 Å². The summed E-state index contributed by atoms with van der Waals surface area (Å²) in [5.41, 5.74) is 6.52. The van der Waals surface area contributed by atoms with Crippen LogP contribution in [0.15, 0.2) is 48.5 Å². The Morgan fingerprint density at radius 2 is 1.83 bits per heavy atom. The van der Waals surface area contributed by atoms with Crippen LogP contribution in [0.3, 0.4) is 0 Å². The SMILES string of the molecule is Cc1ccccc1OCC(=O)Nc1cccc(OCC(N)=O)c1. The second kappa shape index (κ2) is 7.84. The van der Waals surface area contributed by atoms with Crippen molar-refractivity contribution in [3.63, 3.8) is 0 Å². The van der Waals surface area contributed by atoms with E-state index in [2.05, 4.69) is 5.32 Å². The lowest BCUT2D eigenvalue weighted by molar-refractivity contribution is -0.120. The third kappa shape index (κ3) is 5.35. The molecular weight excluding hydrogens is 296 g/mol. The second-order valence-electron chi connectivity index (χ2n) is 4.89. The summed E-state index contributed by atoms with van der Waals surface area (Å²) in [5.74, 6) is 0.258. The van der Waals surface area contributed by atoms with Gasteiger partial charge in [-0.1, -0.05) is 24.3 Å². The molecule has 6 heteroatoms. The first kappa shape index (κ1) is 16.4. The fraction of sp³-hybridized carbons (Fsp3) is 0.176. The van der Waals surface area contributed by atoms with E-state index in [9.17, 15) is 9.59 Å². The van der Waals surface area contributed by atoms with Gasteiger partial charge in [0, 0.05) is 11.8 Å². The van der Waals surface area contributed by atoms with Crippen LogP contribution in [0.2, 0.25) is 0 Å². The quantitative estimate of drug-likeness (QED) is 0.816. The van der Waals surface area contributed by atoms with Gasteiger partial charge in [-0.3, -0.25) is 9.59 Å². The van der Waals surface area contributed by atoms with Gasteiger partial charge < -0.3 is 20.5 Å². The van der Waals surface area contributed by atoms with Crippen molar-refractivity contribution in [3.05, 3.63) is 54.1 Å². The monoisotopic (exact) mass is 314 g/mol. The van der Waals surface area contributed by atoms with Crippen LogP contribution in [0.25, 0.3) is 0 Å². The van der Waals surface area contributed by atoms with E-state index in [-0.39, 0.29) is 19.1 Å². The van der Waals surface area contributed by atoms with Crippen molar-refractivity contribution in [1.29, 1.82) is 0 Å². The molecular formula is C17H18N2O4. The predicted octanol–water partition coefficient (Wildman–Crippen LogP) is 1.88. The Bertz CT molecular complexity index is 700. The molecule has 0 fully saturated rings. The fourth-order valence-electron chi connectivity index (χ4n) is 1.88. The van der Waals surface area contributed by atoms with E-state index in [1.165, 1.54) is 0 Å². The molecule has 0 aliphatic heterocycles. The van der Waals surface area contributed by atoms with E-state index in [4.69, 9.17) is 15.2 Å². The molecule has 0 aromatic heterocycles. The van der Waals surface area contributed by atoms with Crippen LogP contribution in [0, 0.1) is 6.92 Å². The average Bonchev–Trinajstić information content (AvgIpc) is 2.52.